The van der Waals surface area contributed by atoms with E-state index in [1.54, 1.807) is 12.1 Å². The van der Waals surface area contributed by atoms with Crippen molar-refractivity contribution in [1.82, 2.24) is 5.32 Å². The maximum atomic E-state index is 12.9. The maximum absolute atomic E-state index is 12.9. The van der Waals surface area contributed by atoms with Gasteiger partial charge in [-0.25, -0.2) is 4.39 Å². The highest BCUT2D eigenvalue weighted by Gasteiger charge is 2.00. The van der Waals surface area contributed by atoms with Gasteiger partial charge in [-0.1, -0.05) is 29.8 Å². The van der Waals surface area contributed by atoms with Crippen molar-refractivity contribution in [3.8, 4) is 0 Å². The second-order valence-electron chi connectivity index (χ2n) is 3.93. The van der Waals surface area contributed by atoms with E-state index in [9.17, 15) is 4.39 Å². The van der Waals surface area contributed by atoms with Crippen molar-refractivity contribution < 1.29 is 9.13 Å². The zero-order valence-electron chi connectivity index (χ0n) is 9.93. The van der Waals surface area contributed by atoms with Gasteiger partial charge in [0.2, 0.25) is 0 Å². The topological polar surface area (TPSA) is 21.3 Å². The molecule has 0 bridgehead atoms. The summed E-state index contributed by atoms with van der Waals surface area (Å²) in [5.41, 5.74) is 1.96. The van der Waals surface area contributed by atoms with E-state index in [-0.39, 0.29) is 10.8 Å². The Labute approximate surface area is 106 Å². The van der Waals surface area contributed by atoms with Crippen molar-refractivity contribution in [3.05, 3.63) is 46.8 Å². The lowest BCUT2D eigenvalue weighted by Crippen LogP contribution is -2.19. The summed E-state index contributed by atoms with van der Waals surface area (Å²) >= 11 is 5.67. The Morgan fingerprint density at radius 2 is 2.29 bits per heavy atom. The lowest BCUT2D eigenvalue weighted by molar-refractivity contribution is 0.158. The number of benzene rings is 1. The minimum absolute atomic E-state index is 0.155. The molecule has 4 heteroatoms. The van der Waals surface area contributed by atoms with Crippen LogP contribution < -0.4 is 5.32 Å². The summed E-state index contributed by atoms with van der Waals surface area (Å²) in [6, 6.07) is 4.71. The van der Waals surface area contributed by atoms with E-state index >= 15 is 0 Å². The number of hydrogen-bond acceptors (Lipinski definition) is 2. The van der Waals surface area contributed by atoms with Gasteiger partial charge in [0.15, 0.2) is 0 Å². The first-order chi connectivity index (χ1) is 8.09. The molecule has 1 N–H and O–H groups in total. The summed E-state index contributed by atoms with van der Waals surface area (Å²) in [5, 5.41) is 3.34. The summed E-state index contributed by atoms with van der Waals surface area (Å²) in [4.78, 5) is 0. The molecule has 1 rings (SSSR count). The molecule has 94 valence electrons. The average Bonchev–Trinajstić information content (AvgIpc) is 2.27. The number of halogens is 2. The molecule has 0 radical (unpaired) electrons. The van der Waals surface area contributed by atoms with Gasteiger partial charge < -0.3 is 10.1 Å². The van der Waals surface area contributed by atoms with E-state index < -0.39 is 0 Å². The van der Waals surface area contributed by atoms with Crippen molar-refractivity contribution in [1.29, 1.82) is 0 Å². The molecule has 2 nitrogen and oxygen atoms in total. The molecule has 0 aliphatic rings. The van der Waals surface area contributed by atoms with Crippen LogP contribution in [0.2, 0.25) is 5.02 Å². The fraction of sp³-hybridized carbons (Fsp3) is 0.385. The minimum Gasteiger partial charge on any atom is -0.376 e. The van der Waals surface area contributed by atoms with Gasteiger partial charge in [0.25, 0.3) is 0 Å². The molecule has 0 fully saturated rings. The van der Waals surface area contributed by atoms with E-state index in [1.807, 2.05) is 6.92 Å². The van der Waals surface area contributed by atoms with Gasteiger partial charge in [0.05, 0.1) is 18.2 Å². The van der Waals surface area contributed by atoms with Crippen LogP contribution in [0, 0.1) is 5.82 Å². The molecule has 0 spiro atoms. The molecule has 0 atom stereocenters. The van der Waals surface area contributed by atoms with Crippen LogP contribution in [-0.4, -0.2) is 19.8 Å². The van der Waals surface area contributed by atoms with Crippen LogP contribution in [0.15, 0.2) is 30.4 Å². The molecule has 0 aliphatic carbocycles. The van der Waals surface area contributed by atoms with E-state index in [0.29, 0.717) is 19.8 Å². The number of nitrogens with one attached hydrogen (secondary N) is 1. The number of hydrogen-bond donors (Lipinski definition) is 1. The van der Waals surface area contributed by atoms with Crippen molar-refractivity contribution in [2.45, 2.75) is 13.5 Å². The van der Waals surface area contributed by atoms with Crippen molar-refractivity contribution in [2.24, 2.45) is 0 Å². The van der Waals surface area contributed by atoms with E-state index in [2.05, 4.69) is 11.9 Å². The van der Waals surface area contributed by atoms with Crippen molar-refractivity contribution in [3.63, 3.8) is 0 Å². The predicted octanol–water partition coefficient (Wildman–Crippen LogP) is 3.16. The molecule has 1 aromatic rings. The summed E-state index contributed by atoms with van der Waals surface area (Å²) in [6.07, 6.45) is 0. The highest BCUT2D eigenvalue weighted by atomic mass is 35.5. The molecule has 0 saturated heterocycles. The molecule has 0 aromatic heterocycles. The molecule has 1 aromatic carbocycles. The van der Waals surface area contributed by atoms with Gasteiger partial charge in [0.1, 0.15) is 5.82 Å². The summed E-state index contributed by atoms with van der Waals surface area (Å²) < 4.78 is 18.2. The van der Waals surface area contributed by atoms with Gasteiger partial charge in [0, 0.05) is 13.1 Å². The molecule has 17 heavy (non-hydrogen) atoms. The monoisotopic (exact) mass is 257 g/mol. The fourth-order valence-electron chi connectivity index (χ4n) is 1.27. The Kier molecular flexibility index (Phi) is 6.19. The van der Waals surface area contributed by atoms with Gasteiger partial charge in [-0.2, -0.15) is 0 Å². The van der Waals surface area contributed by atoms with Crippen LogP contribution in [0.25, 0.3) is 0 Å². The highest BCUT2D eigenvalue weighted by Crippen LogP contribution is 2.15. The summed E-state index contributed by atoms with van der Waals surface area (Å²) in [7, 11) is 0. The Hall–Kier alpha value is -0.900. The third-order valence-electron chi connectivity index (χ3n) is 2.08. The Morgan fingerprint density at radius 1 is 1.53 bits per heavy atom. The lowest BCUT2D eigenvalue weighted by atomic mass is 10.2. The third-order valence-corrected chi connectivity index (χ3v) is 2.37. The second kappa shape index (κ2) is 7.43. The summed E-state index contributed by atoms with van der Waals surface area (Å²) in [5.74, 6) is -0.389. The molecule has 0 saturated carbocycles. The molecule has 0 amide bonds. The van der Waals surface area contributed by atoms with Gasteiger partial charge in [-0.3, -0.25) is 0 Å². The fourth-order valence-corrected chi connectivity index (χ4v) is 1.48. The first-order valence-corrected chi connectivity index (χ1v) is 5.84. The van der Waals surface area contributed by atoms with Crippen LogP contribution in [0.4, 0.5) is 4.39 Å². The normalized spacial score (nSPS) is 10.5. The van der Waals surface area contributed by atoms with Crippen LogP contribution in [-0.2, 0) is 11.3 Å². The smallest absolute Gasteiger partial charge is 0.141 e. The zero-order chi connectivity index (χ0) is 12.7. The van der Waals surface area contributed by atoms with Gasteiger partial charge >= 0.3 is 0 Å². The van der Waals surface area contributed by atoms with Crippen LogP contribution in [0.3, 0.4) is 0 Å². The Balaban J connectivity index is 2.18. The van der Waals surface area contributed by atoms with E-state index in [0.717, 1.165) is 17.7 Å². The SMILES string of the molecule is C=C(C)COCCNCc1ccc(F)c(Cl)c1. The first-order valence-electron chi connectivity index (χ1n) is 5.46. The zero-order valence-corrected chi connectivity index (χ0v) is 10.7. The van der Waals surface area contributed by atoms with Crippen molar-refractivity contribution in [2.75, 3.05) is 19.8 Å². The molecule has 0 heterocycles. The van der Waals surface area contributed by atoms with Gasteiger partial charge in [-0.15, -0.1) is 0 Å². The Bertz CT molecular complexity index is 382. The predicted molar refractivity (Wildman–Crippen MR) is 68.7 cm³/mol. The van der Waals surface area contributed by atoms with Crippen LogP contribution >= 0.6 is 11.6 Å². The second-order valence-corrected chi connectivity index (χ2v) is 4.34. The number of ether oxygens (including phenoxy) is 1. The largest absolute Gasteiger partial charge is 0.376 e. The van der Waals surface area contributed by atoms with E-state index in [1.165, 1.54) is 6.07 Å². The molecular formula is C13H17ClFNO. The van der Waals surface area contributed by atoms with E-state index in [4.69, 9.17) is 16.3 Å². The minimum atomic E-state index is -0.389. The van der Waals surface area contributed by atoms with Crippen molar-refractivity contribution >= 4 is 11.6 Å². The van der Waals surface area contributed by atoms with Gasteiger partial charge in [-0.05, 0) is 24.6 Å². The van der Waals surface area contributed by atoms with Crippen LogP contribution in [0.5, 0.6) is 0 Å². The quantitative estimate of drug-likeness (QED) is 0.598. The molecular weight excluding hydrogens is 241 g/mol. The Morgan fingerprint density at radius 3 is 2.94 bits per heavy atom. The summed E-state index contributed by atoms with van der Waals surface area (Å²) in [6.45, 7) is 8.27. The first kappa shape index (κ1) is 14.2. The standard InChI is InChI=1S/C13H17ClFNO/c1-10(2)9-17-6-5-16-8-11-3-4-13(15)12(14)7-11/h3-4,7,16H,1,5-6,8-9H2,2H3. The third kappa shape index (κ3) is 5.82. The highest BCUT2D eigenvalue weighted by molar-refractivity contribution is 6.30. The van der Waals surface area contributed by atoms with Crippen LogP contribution in [0.1, 0.15) is 12.5 Å². The maximum Gasteiger partial charge on any atom is 0.141 e. The number of rotatable bonds is 7. The lowest BCUT2D eigenvalue weighted by Gasteiger charge is -2.06. The molecule has 0 unspecified atom stereocenters. The average molecular weight is 258 g/mol. The molecule has 0 aliphatic heterocycles.